The van der Waals surface area contributed by atoms with Crippen molar-refractivity contribution in [1.29, 1.82) is 0 Å². The van der Waals surface area contributed by atoms with Gasteiger partial charge in [0.1, 0.15) is 0 Å². The average Bonchev–Trinajstić information content (AvgIpc) is 2.66. The second-order valence-electron chi connectivity index (χ2n) is 7.38. The Bertz CT molecular complexity index is 319. The first kappa shape index (κ1) is 27.2. The van der Waals surface area contributed by atoms with E-state index in [0.717, 1.165) is 76.8 Å². The SMILES string of the molecule is CCCCCCCC(=O)SCCC(CCC)[Si](OCCCC)OCCCC. The molecule has 0 N–H and O–H groups in total. The maximum Gasteiger partial charge on any atom is 0.388 e. The third kappa shape index (κ3) is 16.8. The highest BCUT2D eigenvalue weighted by Crippen LogP contribution is 2.27. The summed E-state index contributed by atoms with van der Waals surface area (Å²) in [6.07, 6.45) is 14.7. The molecule has 0 aliphatic heterocycles. The molecule has 0 aliphatic carbocycles. The van der Waals surface area contributed by atoms with Crippen LogP contribution in [0.3, 0.4) is 0 Å². The normalized spacial score (nSPS) is 12.6. The van der Waals surface area contributed by atoms with Gasteiger partial charge in [-0.25, -0.2) is 0 Å². The minimum atomic E-state index is -1.24. The van der Waals surface area contributed by atoms with Crippen molar-refractivity contribution in [3.63, 3.8) is 0 Å². The molecule has 0 aromatic rings. The van der Waals surface area contributed by atoms with Crippen LogP contribution in [0.4, 0.5) is 0 Å². The van der Waals surface area contributed by atoms with Gasteiger partial charge in [0.15, 0.2) is 5.12 Å². The lowest BCUT2D eigenvalue weighted by atomic mass is 10.1. The van der Waals surface area contributed by atoms with Gasteiger partial charge in [-0.3, -0.25) is 4.79 Å². The van der Waals surface area contributed by atoms with Gasteiger partial charge in [-0.1, -0.05) is 84.4 Å². The zero-order valence-electron chi connectivity index (χ0n) is 18.5. The van der Waals surface area contributed by atoms with E-state index in [9.17, 15) is 4.79 Å². The van der Waals surface area contributed by atoms with E-state index in [4.69, 9.17) is 8.85 Å². The van der Waals surface area contributed by atoms with Crippen LogP contribution in [0.15, 0.2) is 0 Å². The minimum Gasteiger partial charge on any atom is -0.393 e. The van der Waals surface area contributed by atoms with E-state index in [0.29, 0.717) is 10.7 Å². The number of rotatable bonds is 20. The topological polar surface area (TPSA) is 35.5 Å². The molecule has 1 unspecified atom stereocenters. The van der Waals surface area contributed by atoms with Gasteiger partial charge in [-0.2, -0.15) is 0 Å². The summed E-state index contributed by atoms with van der Waals surface area (Å²) < 4.78 is 12.4. The number of hydrogen-bond donors (Lipinski definition) is 0. The summed E-state index contributed by atoms with van der Waals surface area (Å²) in [5.74, 6) is 0.918. The quantitative estimate of drug-likeness (QED) is 0.154. The molecule has 3 nitrogen and oxygen atoms in total. The summed E-state index contributed by atoms with van der Waals surface area (Å²) in [5, 5.41) is 0.370. The van der Waals surface area contributed by atoms with Gasteiger partial charge in [-0.05, 0) is 32.1 Å². The van der Waals surface area contributed by atoms with E-state index in [1.54, 1.807) is 0 Å². The van der Waals surface area contributed by atoms with Crippen molar-refractivity contribution in [2.45, 2.75) is 117 Å². The van der Waals surface area contributed by atoms with Crippen molar-refractivity contribution in [3.8, 4) is 0 Å². The maximum atomic E-state index is 12.1. The largest absolute Gasteiger partial charge is 0.393 e. The molecule has 0 fully saturated rings. The lowest BCUT2D eigenvalue weighted by molar-refractivity contribution is -0.111. The molecule has 0 aromatic heterocycles. The highest BCUT2D eigenvalue weighted by molar-refractivity contribution is 8.13. The van der Waals surface area contributed by atoms with Crippen LogP contribution >= 0.6 is 11.8 Å². The second-order valence-corrected chi connectivity index (χ2v) is 10.6. The van der Waals surface area contributed by atoms with Crippen molar-refractivity contribution in [2.75, 3.05) is 19.0 Å². The Hall–Kier alpha value is 0.157. The summed E-state index contributed by atoms with van der Waals surface area (Å²) in [5.41, 5.74) is 0.499. The molecule has 0 heterocycles. The van der Waals surface area contributed by atoms with Crippen LogP contribution in [0.5, 0.6) is 0 Å². The van der Waals surface area contributed by atoms with Gasteiger partial charge in [0.25, 0.3) is 0 Å². The van der Waals surface area contributed by atoms with Crippen molar-refractivity contribution < 1.29 is 13.6 Å². The zero-order chi connectivity index (χ0) is 20.2. The minimum absolute atomic E-state index is 0.370. The van der Waals surface area contributed by atoms with Crippen LogP contribution in [0.2, 0.25) is 5.54 Å². The number of thioether (sulfide) groups is 1. The molecule has 0 bridgehead atoms. The standard InChI is InChI=1S/C22H45O3SSi/c1-5-9-12-13-14-16-22(23)26-20-17-21(15-8-4)27(24-18-10-6-2)25-19-11-7-3/h21H,5-20H2,1-4H3. The molecule has 161 valence electrons. The lowest BCUT2D eigenvalue weighted by Gasteiger charge is -2.24. The number of carbonyl (C=O) groups excluding carboxylic acids is 1. The number of hydrogen-bond acceptors (Lipinski definition) is 4. The van der Waals surface area contributed by atoms with Crippen molar-refractivity contribution in [2.24, 2.45) is 0 Å². The molecule has 0 saturated heterocycles. The van der Waals surface area contributed by atoms with Gasteiger partial charge < -0.3 is 8.85 Å². The van der Waals surface area contributed by atoms with Crippen LogP contribution in [-0.2, 0) is 13.6 Å². The monoisotopic (exact) mass is 417 g/mol. The van der Waals surface area contributed by atoms with Crippen LogP contribution in [0.1, 0.15) is 111 Å². The summed E-state index contributed by atoms with van der Waals surface area (Å²) in [6, 6.07) is 0. The predicted octanol–water partition coefficient (Wildman–Crippen LogP) is 7.29. The Labute approximate surface area is 175 Å². The molecule has 0 aromatic carbocycles. The van der Waals surface area contributed by atoms with Gasteiger partial charge in [0.2, 0.25) is 0 Å². The Morgan fingerprint density at radius 2 is 1.37 bits per heavy atom. The first-order chi connectivity index (χ1) is 13.2. The molecular formula is C22H45O3SSi. The molecule has 5 heteroatoms. The second kappa shape index (κ2) is 20.9. The van der Waals surface area contributed by atoms with Crippen LogP contribution < -0.4 is 0 Å². The van der Waals surface area contributed by atoms with Crippen LogP contribution in [0.25, 0.3) is 0 Å². The molecule has 1 atom stereocenters. The van der Waals surface area contributed by atoms with Crippen molar-refractivity contribution >= 4 is 26.2 Å². The van der Waals surface area contributed by atoms with Gasteiger partial charge in [0, 0.05) is 30.9 Å². The van der Waals surface area contributed by atoms with Gasteiger partial charge in [0.05, 0.1) is 0 Å². The first-order valence-electron chi connectivity index (χ1n) is 11.5. The highest BCUT2D eigenvalue weighted by Gasteiger charge is 2.27. The van der Waals surface area contributed by atoms with E-state index >= 15 is 0 Å². The summed E-state index contributed by atoms with van der Waals surface area (Å²) in [6.45, 7) is 10.5. The van der Waals surface area contributed by atoms with E-state index in [-0.39, 0.29) is 0 Å². The molecule has 0 saturated carbocycles. The zero-order valence-corrected chi connectivity index (χ0v) is 20.3. The van der Waals surface area contributed by atoms with E-state index in [1.807, 2.05) is 0 Å². The molecular weight excluding hydrogens is 372 g/mol. The maximum absolute atomic E-state index is 12.1. The fourth-order valence-electron chi connectivity index (χ4n) is 2.90. The molecule has 0 rings (SSSR count). The highest BCUT2D eigenvalue weighted by atomic mass is 32.2. The molecule has 1 radical (unpaired) electrons. The lowest BCUT2D eigenvalue weighted by Crippen LogP contribution is -2.30. The van der Waals surface area contributed by atoms with E-state index in [1.165, 1.54) is 37.4 Å². The van der Waals surface area contributed by atoms with Gasteiger partial charge in [-0.15, -0.1) is 0 Å². The molecule has 0 amide bonds. The Morgan fingerprint density at radius 1 is 0.778 bits per heavy atom. The Balaban J connectivity index is 4.26. The molecule has 0 aliphatic rings. The number of unbranched alkanes of at least 4 members (excludes halogenated alkanes) is 6. The molecule has 27 heavy (non-hydrogen) atoms. The average molecular weight is 418 g/mol. The van der Waals surface area contributed by atoms with E-state index in [2.05, 4.69) is 27.7 Å². The Kier molecular flexibility index (Phi) is 21.0. The van der Waals surface area contributed by atoms with Crippen LogP contribution in [0, 0.1) is 0 Å². The third-order valence-electron chi connectivity index (χ3n) is 4.67. The van der Waals surface area contributed by atoms with Crippen molar-refractivity contribution in [3.05, 3.63) is 0 Å². The fourth-order valence-corrected chi connectivity index (χ4v) is 6.18. The van der Waals surface area contributed by atoms with E-state index < -0.39 is 9.28 Å². The summed E-state index contributed by atoms with van der Waals surface area (Å²) in [7, 11) is -1.24. The summed E-state index contributed by atoms with van der Waals surface area (Å²) >= 11 is 1.53. The van der Waals surface area contributed by atoms with Gasteiger partial charge >= 0.3 is 9.28 Å². The predicted molar refractivity (Wildman–Crippen MR) is 122 cm³/mol. The summed E-state index contributed by atoms with van der Waals surface area (Å²) in [4.78, 5) is 12.1. The first-order valence-corrected chi connectivity index (χ1v) is 13.8. The third-order valence-corrected chi connectivity index (χ3v) is 7.86. The van der Waals surface area contributed by atoms with Crippen molar-refractivity contribution in [1.82, 2.24) is 0 Å². The Morgan fingerprint density at radius 3 is 1.93 bits per heavy atom. The molecule has 0 spiro atoms. The smallest absolute Gasteiger partial charge is 0.388 e. The van der Waals surface area contributed by atoms with Crippen LogP contribution in [-0.4, -0.2) is 33.4 Å². The fraction of sp³-hybridized carbons (Fsp3) is 0.955. The number of carbonyl (C=O) groups is 1.